The van der Waals surface area contributed by atoms with Gasteiger partial charge in [-0.25, -0.2) is 0 Å². The van der Waals surface area contributed by atoms with Gasteiger partial charge in [0.2, 0.25) is 0 Å². The number of carbonyl (C=O) groups excluding carboxylic acids is 1. The summed E-state index contributed by atoms with van der Waals surface area (Å²) in [5.41, 5.74) is 0.522. The molecule has 102 heavy (non-hydrogen) atoms. The summed E-state index contributed by atoms with van der Waals surface area (Å²) in [6.45, 7) is 73.8. The van der Waals surface area contributed by atoms with E-state index in [9.17, 15) is 0 Å². The number of fused-ring (bicyclic) bond motifs is 1. The van der Waals surface area contributed by atoms with Crippen molar-refractivity contribution in [3.8, 4) is 5.75 Å². The zero-order valence-electron chi connectivity index (χ0n) is 74.6. The number of hydrogen-bond donors (Lipinski definition) is 0. The highest BCUT2D eigenvalue weighted by Crippen LogP contribution is 2.71. The van der Waals surface area contributed by atoms with Gasteiger partial charge in [-0.05, 0) is 191 Å². The maximum absolute atomic E-state index is 16.8. The summed E-state index contributed by atoms with van der Waals surface area (Å²) in [5, 5.41) is 2.38. The second-order valence-electron chi connectivity index (χ2n) is 36.9. The van der Waals surface area contributed by atoms with Gasteiger partial charge >= 0.3 is 5.97 Å². The summed E-state index contributed by atoms with van der Waals surface area (Å²) in [4.78, 5) is 16.8. The molecule has 0 radical (unpaired) electrons. The van der Waals surface area contributed by atoms with Crippen LogP contribution in [0.3, 0.4) is 0 Å². The van der Waals surface area contributed by atoms with E-state index in [0.29, 0.717) is 25.7 Å². The van der Waals surface area contributed by atoms with Crippen molar-refractivity contribution in [2.75, 3.05) is 26.4 Å². The largest absolute Gasteiger partial charge is 0.491 e. The van der Waals surface area contributed by atoms with Crippen molar-refractivity contribution in [2.24, 2.45) is 76.3 Å². The zero-order valence-corrected chi connectivity index (χ0v) is 74.6. The summed E-state index contributed by atoms with van der Waals surface area (Å²) in [7, 11) is 0. The number of rotatable bonds is 62. The lowest BCUT2D eigenvalue weighted by molar-refractivity contribution is -0.164. The van der Waals surface area contributed by atoms with Gasteiger partial charge in [-0.3, -0.25) is 4.79 Å². The molecule has 2 atom stereocenters. The Labute approximate surface area is 640 Å². The third-order valence-electron chi connectivity index (χ3n) is 33.0. The van der Waals surface area contributed by atoms with Gasteiger partial charge in [-0.15, -0.1) is 0 Å². The molecule has 4 heteroatoms. The first-order chi connectivity index (χ1) is 48.5. The van der Waals surface area contributed by atoms with E-state index < -0.39 is 5.41 Å². The van der Waals surface area contributed by atoms with Crippen LogP contribution < -0.4 is 4.74 Å². The van der Waals surface area contributed by atoms with Crippen molar-refractivity contribution in [3.63, 3.8) is 0 Å². The Morgan fingerprint density at radius 1 is 0.304 bits per heavy atom. The molecule has 0 aliphatic heterocycles. The Bertz CT molecular complexity index is 2240. The maximum atomic E-state index is 16.8. The van der Waals surface area contributed by atoms with Gasteiger partial charge in [0.25, 0.3) is 0 Å². The van der Waals surface area contributed by atoms with E-state index in [-0.39, 0.29) is 77.6 Å². The highest BCUT2D eigenvalue weighted by Gasteiger charge is 2.60. The third-order valence-corrected chi connectivity index (χ3v) is 33.0. The highest BCUT2D eigenvalue weighted by molar-refractivity contribution is 5.83. The molecule has 0 bridgehead atoms. The lowest BCUT2D eigenvalue weighted by Gasteiger charge is -2.62. The molecule has 2 rings (SSSR count). The van der Waals surface area contributed by atoms with Crippen LogP contribution in [0, 0.1) is 76.3 Å². The Hall–Kier alpha value is -2.07. The molecule has 0 aliphatic rings. The number of hydrogen-bond acceptors (Lipinski definition) is 4. The topological polar surface area (TPSA) is 44.8 Å². The Balaban J connectivity index is 3.99. The average Bonchev–Trinajstić information content (AvgIpc) is 0.726. The minimum absolute atomic E-state index is 0.0108. The van der Waals surface area contributed by atoms with Crippen molar-refractivity contribution >= 4 is 16.7 Å². The molecular weight excluding hydrogens is 1240 g/mol. The first-order valence-corrected chi connectivity index (χ1v) is 45.3. The molecule has 0 aliphatic carbocycles. The maximum Gasteiger partial charge on any atom is 0.311 e. The van der Waals surface area contributed by atoms with Gasteiger partial charge in [0.1, 0.15) is 19.0 Å². The third kappa shape index (κ3) is 25.2. The zero-order chi connectivity index (χ0) is 77.3. The van der Waals surface area contributed by atoms with Gasteiger partial charge < -0.3 is 14.2 Å². The monoisotopic (exact) mass is 1420 g/mol. The van der Waals surface area contributed by atoms with Crippen LogP contribution in [0.15, 0.2) is 42.5 Å². The van der Waals surface area contributed by atoms with Crippen molar-refractivity contribution < 1.29 is 19.0 Å². The Morgan fingerprint density at radius 2 is 0.578 bits per heavy atom. The van der Waals surface area contributed by atoms with Crippen LogP contribution in [0.2, 0.25) is 0 Å². The van der Waals surface area contributed by atoms with E-state index in [1.165, 1.54) is 261 Å². The number of esters is 1. The van der Waals surface area contributed by atoms with E-state index in [0.717, 1.165) is 18.6 Å². The fourth-order valence-electron chi connectivity index (χ4n) is 23.9. The number of ether oxygens (including phenoxy) is 3. The van der Waals surface area contributed by atoms with Crippen LogP contribution >= 0.6 is 0 Å². The Morgan fingerprint density at radius 3 is 0.873 bits per heavy atom. The summed E-state index contributed by atoms with van der Waals surface area (Å²) >= 11 is 0. The van der Waals surface area contributed by atoms with Crippen LogP contribution in [-0.4, -0.2) is 32.4 Å². The molecule has 2 aromatic carbocycles. The number of carbonyl (C=O) groups is 1. The molecule has 2 unspecified atom stereocenters. The fraction of sp³-hybridized carbons (Fsp3) is 0.888. The quantitative estimate of drug-likeness (QED) is 0.0489. The van der Waals surface area contributed by atoms with Gasteiger partial charge in [-0.1, -0.05) is 391 Å². The number of benzene rings is 2. The molecule has 0 saturated heterocycles. The molecule has 0 aromatic heterocycles. The molecule has 0 saturated carbocycles. The predicted octanol–water partition coefficient (Wildman–Crippen LogP) is 32.8. The molecular formula is C98H182O4. The lowest BCUT2D eigenvalue weighted by Crippen LogP contribution is -2.52. The molecule has 0 heterocycles. The van der Waals surface area contributed by atoms with Crippen molar-refractivity contribution in [2.45, 2.75) is 457 Å². The van der Waals surface area contributed by atoms with E-state index in [1.54, 1.807) is 0 Å². The first-order valence-electron chi connectivity index (χ1n) is 45.3. The van der Waals surface area contributed by atoms with Crippen molar-refractivity contribution in [3.05, 3.63) is 42.5 Å². The summed E-state index contributed by atoms with van der Waals surface area (Å²) < 4.78 is 19.8. The molecule has 0 N–H and O–H groups in total. The van der Waals surface area contributed by atoms with E-state index in [2.05, 4.69) is 236 Å². The van der Waals surface area contributed by atoms with Gasteiger partial charge in [0, 0.05) is 0 Å². The van der Waals surface area contributed by atoms with Crippen LogP contribution in [0.1, 0.15) is 457 Å². The summed E-state index contributed by atoms with van der Waals surface area (Å²) in [6, 6.07) is 14.8. The standard InChI is InChI=1S/C98H182O4/c1-29-58-81(30-2)68-95(70-87(32-4,33-5)34-6,71-88(35-7,36-8)37-9)78-96(69-86(28,31-3)85(99)102-66-64-100-63-65-101-84-62-61-82-59-56-57-60-83(82)67-84,79-97(72-89(38-10,39-11)40-12,73-90(41-13,42-14)43-15)74-91(44-16,45-17)46-18)80-98(75-92(47-19,48-20)49-21,76-93(50-22,51-23)52-24)77-94(53-25,54-26)55-27/h56-57,59-62,67,81H,29-55,58,63-66,68-80H2,1-28H3. The first kappa shape index (κ1) is 96.0. The predicted molar refractivity (Wildman–Crippen MR) is 455 cm³/mol. The second-order valence-corrected chi connectivity index (χ2v) is 36.9. The molecule has 2 aromatic rings. The van der Waals surface area contributed by atoms with E-state index >= 15 is 4.79 Å². The van der Waals surface area contributed by atoms with E-state index in [1.807, 2.05) is 0 Å². The summed E-state index contributed by atoms with van der Waals surface area (Å²) in [5.74, 6) is 1.50. The van der Waals surface area contributed by atoms with Crippen LogP contribution in [0.5, 0.6) is 5.75 Å². The smallest absolute Gasteiger partial charge is 0.311 e. The average molecular weight is 1420 g/mol. The summed E-state index contributed by atoms with van der Waals surface area (Å²) in [6.07, 6.45) is 49.6. The molecule has 0 amide bonds. The normalized spacial score (nSPS) is 14.8. The molecule has 0 fully saturated rings. The minimum atomic E-state index is -0.761. The Kier molecular flexibility index (Phi) is 41.9. The lowest BCUT2D eigenvalue weighted by atomic mass is 9.43. The SMILES string of the molecule is CCCC(CC)CC(CC(CC)(CC)CC)(CC(CC)(CC)CC)CC(CC(CC(CC)(CC)CC)(CC(CC)(CC)CC)CC(CC)(CC)CC)(CC(CC(CC)(CC)CC)(CC(CC)(CC)CC)CC(CC)(CC)CC)CC(C)(CC)C(=O)OCCOCCOc1ccc2ccccc2c1. The van der Waals surface area contributed by atoms with Crippen LogP contribution in [0.4, 0.5) is 0 Å². The molecule has 598 valence electrons. The van der Waals surface area contributed by atoms with E-state index in [4.69, 9.17) is 14.2 Å². The van der Waals surface area contributed by atoms with Crippen molar-refractivity contribution in [1.29, 1.82) is 0 Å². The minimum Gasteiger partial charge on any atom is -0.491 e. The van der Waals surface area contributed by atoms with Gasteiger partial charge in [0.15, 0.2) is 0 Å². The molecule has 4 nitrogen and oxygen atoms in total. The fourth-order valence-corrected chi connectivity index (χ4v) is 23.9. The van der Waals surface area contributed by atoms with Gasteiger partial charge in [0.05, 0.1) is 18.6 Å². The second kappa shape index (κ2) is 44.6. The highest BCUT2D eigenvalue weighted by atomic mass is 16.6. The van der Waals surface area contributed by atoms with Crippen molar-refractivity contribution in [1.82, 2.24) is 0 Å². The van der Waals surface area contributed by atoms with Crippen LogP contribution in [0.25, 0.3) is 10.8 Å². The molecule has 0 spiro atoms. The van der Waals surface area contributed by atoms with Gasteiger partial charge in [-0.2, -0.15) is 0 Å². The van der Waals surface area contributed by atoms with Crippen LogP contribution in [-0.2, 0) is 14.3 Å².